The van der Waals surface area contributed by atoms with Crippen LogP contribution in [0.3, 0.4) is 0 Å². The van der Waals surface area contributed by atoms with Crippen LogP contribution in [0.2, 0.25) is 0 Å². The number of imide groups is 1. The molecule has 0 fully saturated rings. The second-order valence-electron chi connectivity index (χ2n) is 7.06. The number of para-hydroxylation sites is 2. The average Bonchev–Trinajstić information content (AvgIpc) is 3.06. The third-order valence-electron chi connectivity index (χ3n) is 5.24. The summed E-state index contributed by atoms with van der Waals surface area (Å²) in [5, 5.41) is 0. The Labute approximate surface area is 181 Å². The highest BCUT2D eigenvalue weighted by Crippen LogP contribution is 2.38. The first-order valence-corrected chi connectivity index (χ1v) is 10.1. The van der Waals surface area contributed by atoms with Gasteiger partial charge in [-0.05, 0) is 36.8 Å². The van der Waals surface area contributed by atoms with E-state index in [0.717, 1.165) is 11.3 Å². The summed E-state index contributed by atoms with van der Waals surface area (Å²) >= 11 is 0. The Morgan fingerprint density at radius 1 is 0.935 bits per heavy atom. The van der Waals surface area contributed by atoms with Crippen LogP contribution >= 0.6 is 0 Å². The van der Waals surface area contributed by atoms with Crippen LogP contribution < -0.4 is 9.64 Å². The Kier molecular flexibility index (Phi) is 5.80. The number of hydrogen-bond acceptors (Lipinski definition) is 5. The Bertz CT molecular complexity index is 1130. The molecule has 156 valence electrons. The molecule has 2 amide bonds. The molecule has 1 aromatic heterocycles. The highest BCUT2D eigenvalue weighted by Gasteiger charge is 2.42. The van der Waals surface area contributed by atoms with Crippen molar-refractivity contribution in [2.75, 3.05) is 18.6 Å². The van der Waals surface area contributed by atoms with Gasteiger partial charge in [0.2, 0.25) is 0 Å². The lowest BCUT2D eigenvalue weighted by molar-refractivity contribution is -0.137. The molecule has 3 aromatic rings. The molecule has 0 saturated carbocycles. The lowest BCUT2D eigenvalue weighted by Crippen LogP contribution is -2.35. The minimum absolute atomic E-state index is 0.153. The van der Waals surface area contributed by atoms with Crippen molar-refractivity contribution in [3.8, 4) is 5.75 Å². The second-order valence-corrected chi connectivity index (χ2v) is 7.06. The first kappa shape index (κ1) is 20.3. The van der Waals surface area contributed by atoms with Gasteiger partial charge in [-0.25, -0.2) is 0 Å². The molecule has 6 heteroatoms. The van der Waals surface area contributed by atoms with Gasteiger partial charge in [-0.15, -0.1) is 0 Å². The number of ether oxygens (including phenoxy) is 1. The maximum Gasteiger partial charge on any atom is 0.278 e. The van der Waals surface area contributed by atoms with Crippen molar-refractivity contribution in [1.29, 1.82) is 0 Å². The molecule has 0 unspecified atom stereocenters. The number of pyridine rings is 1. The smallest absolute Gasteiger partial charge is 0.278 e. The molecule has 31 heavy (non-hydrogen) atoms. The largest absolute Gasteiger partial charge is 0.496 e. The number of carbonyl (C=O) groups excluding carboxylic acids is 2. The lowest BCUT2D eigenvalue weighted by Gasteiger charge is -2.25. The van der Waals surface area contributed by atoms with Crippen LogP contribution in [-0.2, 0) is 16.1 Å². The zero-order valence-corrected chi connectivity index (χ0v) is 17.5. The molecule has 2 heterocycles. The summed E-state index contributed by atoms with van der Waals surface area (Å²) in [5.41, 5.74) is 2.93. The van der Waals surface area contributed by atoms with Gasteiger partial charge in [0.15, 0.2) is 0 Å². The van der Waals surface area contributed by atoms with Crippen LogP contribution in [0.5, 0.6) is 5.75 Å². The molecule has 0 spiro atoms. The Balaban J connectivity index is 1.87. The maximum absolute atomic E-state index is 13.6. The van der Waals surface area contributed by atoms with Crippen LogP contribution in [0.1, 0.15) is 18.1 Å². The summed E-state index contributed by atoms with van der Waals surface area (Å²) in [7, 11) is 1.56. The van der Waals surface area contributed by atoms with E-state index in [9.17, 15) is 9.59 Å². The normalized spacial score (nSPS) is 13.7. The van der Waals surface area contributed by atoms with Crippen molar-refractivity contribution in [1.82, 2.24) is 9.88 Å². The van der Waals surface area contributed by atoms with Crippen molar-refractivity contribution in [3.63, 3.8) is 0 Å². The standard InChI is InChI=1S/C25H23N3O3/c1-3-27(19-11-5-4-6-12-19)23-22(20-13-7-8-14-21(20)31-2)24(29)28(25(23)30)17-18-10-9-15-26-16-18/h4-16H,3,17H2,1-2H3. The third kappa shape index (κ3) is 3.80. The fourth-order valence-corrected chi connectivity index (χ4v) is 3.80. The summed E-state index contributed by atoms with van der Waals surface area (Å²) in [6.45, 7) is 2.64. The van der Waals surface area contributed by atoms with Crippen LogP contribution in [0.4, 0.5) is 5.69 Å². The molecule has 4 rings (SSSR count). The minimum atomic E-state index is -0.345. The molecule has 0 aliphatic carbocycles. The third-order valence-corrected chi connectivity index (χ3v) is 5.24. The molecular formula is C25H23N3O3. The SMILES string of the molecule is CCN(C1=C(c2ccccc2OC)C(=O)N(Cc2cccnc2)C1=O)c1ccccc1. The van der Waals surface area contributed by atoms with E-state index in [2.05, 4.69) is 4.98 Å². The summed E-state index contributed by atoms with van der Waals surface area (Å²) in [5.74, 6) is -0.133. The van der Waals surface area contributed by atoms with Crippen LogP contribution in [-0.4, -0.2) is 35.4 Å². The summed E-state index contributed by atoms with van der Waals surface area (Å²) in [6, 6.07) is 20.5. The molecular weight excluding hydrogens is 390 g/mol. The number of benzene rings is 2. The van der Waals surface area contributed by atoms with Gasteiger partial charge < -0.3 is 9.64 Å². The van der Waals surface area contributed by atoms with Gasteiger partial charge >= 0.3 is 0 Å². The predicted octanol–water partition coefficient (Wildman–Crippen LogP) is 3.90. The van der Waals surface area contributed by atoms with E-state index in [1.165, 1.54) is 4.90 Å². The molecule has 6 nitrogen and oxygen atoms in total. The van der Waals surface area contributed by atoms with Gasteiger partial charge in [0, 0.05) is 30.2 Å². The molecule has 0 radical (unpaired) electrons. The number of anilines is 1. The van der Waals surface area contributed by atoms with Crippen LogP contribution in [0.25, 0.3) is 5.57 Å². The topological polar surface area (TPSA) is 62.7 Å². The van der Waals surface area contributed by atoms with Crippen molar-refractivity contribution >= 4 is 23.1 Å². The Morgan fingerprint density at radius 3 is 2.35 bits per heavy atom. The Hall–Kier alpha value is -3.93. The Morgan fingerprint density at radius 2 is 1.68 bits per heavy atom. The lowest BCUT2D eigenvalue weighted by atomic mass is 10.0. The monoisotopic (exact) mass is 413 g/mol. The van der Waals surface area contributed by atoms with Crippen molar-refractivity contribution in [2.45, 2.75) is 13.5 Å². The number of likely N-dealkylation sites (N-methyl/N-ethyl adjacent to an activating group) is 1. The first-order valence-electron chi connectivity index (χ1n) is 10.1. The zero-order valence-electron chi connectivity index (χ0n) is 17.5. The number of aromatic nitrogens is 1. The predicted molar refractivity (Wildman–Crippen MR) is 119 cm³/mol. The van der Waals surface area contributed by atoms with Gasteiger partial charge in [-0.3, -0.25) is 19.5 Å². The van der Waals surface area contributed by atoms with E-state index >= 15 is 0 Å². The first-order chi connectivity index (χ1) is 15.2. The molecule has 1 aliphatic heterocycles. The molecule has 0 saturated heterocycles. The quantitative estimate of drug-likeness (QED) is 0.550. The van der Waals surface area contributed by atoms with Crippen LogP contribution in [0, 0.1) is 0 Å². The number of rotatable bonds is 7. The zero-order chi connectivity index (χ0) is 21.8. The summed E-state index contributed by atoms with van der Waals surface area (Å²) in [6.07, 6.45) is 3.32. The van der Waals surface area contributed by atoms with Gasteiger partial charge in [0.1, 0.15) is 11.4 Å². The number of carbonyl (C=O) groups is 2. The number of nitrogens with zero attached hydrogens (tertiary/aromatic N) is 3. The van der Waals surface area contributed by atoms with Crippen molar-refractivity contribution < 1.29 is 14.3 Å². The number of amides is 2. The summed E-state index contributed by atoms with van der Waals surface area (Å²) in [4.78, 5) is 34.5. The van der Waals surface area contributed by atoms with Crippen molar-refractivity contribution in [2.24, 2.45) is 0 Å². The van der Waals surface area contributed by atoms with Gasteiger partial charge in [-0.1, -0.05) is 42.5 Å². The van der Waals surface area contributed by atoms with E-state index in [4.69, 9.17) is 4.74 Å². The van der Waals surface area contributed by atoms with Crippen molar-refractivity contribution in [3.05, 3.63) is 95.9 Å². The molecule has 2 aromatic carbocycles. The van der Waals surface area contributed by atoms with E-state index in [1.54, 1.807) is 31.6 Å². The van der Waals surface area contributed by atoms with E-state index in [1.807, 2.05) is 66.4 Å². The van der Waals surface area contributed by atoms with Gasteiger partial charge in [0.05, 0.1) is 19.2 Å². The molecule has 0 bridgehead atoms. The second kappa shape index (κ2) is 8.83. The molecule has 0 N–H and O–H groups in total. The van der Waals surface area contributed by atoms with Gasteiger partial charge in [-0.2, -0.15) is 0 Å². The average molecular weight is 413 g/mol. The minimum Gasteiger partial charge on any atom is -0.496 e. The van der Waals surface area contributed by atoms with E-state index in [-0.39, 0.29) is 18.4 Å². The molecule has 0 atom stereocenters. The maximum atomic E-state index is 13.6. The number of methoxy groups -OCH3 is 1. The fourth-order valence-electron chi connectivity index (χ4n) is 3.80. The van der Waals surface area contributed by atoms with E-state index in [0.29, 0.717) is 29.1 Å². The number of hydrogen-bond donors (Lipinski definition) is 0. The van der Waals surface area contributed by atoms with E-state index < -0.39 is 0 Å². The highest BCUT2D eigenvalue weighted by molar-refractivity contribution is 6.37. The fraction of sp³-hybridized carbons (Fsp3) is 0.160. The van der Waals surface area contributed by atoms with Crippen LogP contribution in [0.15, 0.2) is 84.8 Å². The summed E-state index contributed by atoms with van der Waals surface area (Å²) < 4.78 is 5.52. The van der Waals surface area contributed by atoms with Gasteiger partial charge in [0.25, 0.3) is 11.8 Å². The highest BCUT2D eigenvalue weighted by atomic mass is 16.5. The molecule has 1 aliphatic rings.